The molecule has 0 radical (unpaired) electrons. The van der Waals surface area contributed by atoms with Crippen LogP contribution in [0.25, 0.3) is 10.9 Å². The maximum atomic E-state index is 11.5. The third kappa shape index (κ3) is 1.45. The van der Waals surface area contributed by atoms with Crippen LogP contribution in [0.2, 0.25) is 0 Å². The third-order valence-electron chi connectivity index (χ3n) is 3.53. The van der Waals surface area contributed by atoms with Gasteiger partial charge in [0.1, 0.15) is 0 Å². The third-order valence-corrected chi connectivity index (χ3v) is 3.53. The summed E-state index contributed by atoms with van der Waals surface area (Å²) in [4.78, 5) is 14.7. The van der Waals surface area contributed by atoms with E-state index in [9.17, 15) is 9.90 Å². The summed E-state index contributed by atoms with van der Waals surface area (Å²) in [6.45, 7) is 0. The SMILES string of the molecule is NC(=O)C1CCC(O)c2[nH]c3ccccc3c21. The van der Waals surface area contributed by atoms with Crippen LogP contribution < -0.4 is 5.73 Å². The van der Waals surface area contributed by atoms with Gasteiger partial charge in [-0.2, -0.15) is 0 Å². The fourth-order valence-corrected chi connectivity index (χ4v) is 2.72. The van der Waals surface area contributed by atoms with E-state index in [2.05, 4.69) is 4.98 Å². The summed E-state index contributed by atoms with van der Waals surface area (Å²) in [5.41, 5.74) is 8.02. The molecule has 0 saturated carbocycles. The van der Waals surface area contributed by atoms with Crippen molar-refractivity contribution < 1.29 is 9.90 Å². The average Bonchev–Trinajstić information content (AvgIpc) is 2.69. The molecule has 2 unspecified atom stereocenters. The predicted octanol–water partition coefficient (Wildman–Crippen LogP) is 1.56. The molecule has 1 heterocycles. The standard InChI is InChI=1S/C13H14N2O2/c14-13(17)8-5-6-10(16)12-11(8)7-3-1-2-4-9(7)15-12/h1-4,8,10,15-16H,5-6H2,(H2,14,17). The van der Waals surface area contributed by atoms with Gasteiger partial charge in [0.05, 0.1) is 12.0 Å². The van der Waals surface area contributed by atoms with Crippen LogP contribution in [0.4, 0.5) is 0 Å². The zero-order valence-electron chi connectivity index (χ0n) is 9.31. The van der Waals surface area contributed by atoms with E-state index in [-0.39, 0.29) is 11.8 Å². The molecule has 0 bridgehead atoms. The molecule has 0 fully saturated rings. The van der Waals surface area contributed by atoms with Crippen LogP contribution in [0.1, 0.15) is 36.1 Å². The van der Waals surface area contributed by atoms with E-state index in [1.807, 2.05) is 24.3 Å². The molecule has 1 aromatic heterocycles. The highest BCUT2D eigenvalue weighted by Crippen LogP contribution is 2.41. The highest BCUT2D eigenvalue weighted by atomic mass is 16.3. The first-order chi connectivity index (χ1) is 8.18. The number of carbonyl (C=O) groups excluding carboxylic acids is 1. The lowest BCUT2D eigenvalue weighted by Crippen LogP contribution is -2.26. The second-order valence-electron chi connectivity index (χ2n) is 4.55. The molecule has 1 amide bonds. The monoisotopic (exact) mass is 230 g/mol. The van der Waals surface area contributed by atoms with E-state index in [0.717, 1.165) is 22.2 Å². The first-order valence-corrected chi connectivity index (χ1v) is 5.76. The highest BCUT2D eigenvalue weighted by Gasteiger charge is 2.32. The van der Waals surface area contributed by atoms with Gasteiger partial charge in [-0.1, -0.05) is 18.2 Å². The molecule has 2 atom stereocenters. The fourth-order valence-electron chi connectivity index (χ4n) is 2.72. The summed E-state index contributed by atoms with van der Waals surface area (Å²) in [5, 5.41) is 11.0. The number of nitrogens with two attached hydrogens (primary N) is 1. The lowest BCUT2D eigenvalue weighted by molar-refractivity contribution is -0.119. The van der Waals surface area contributed by atoms with E-state index in [4.69, 9.17) is 5.73 Å². The number of aromatic nitrogens is 1. The van der Waals surface area contributed by atoms with Crippen molar-refractivity contribution in [1.29, 1.82) is 0 Å². The second-order valence-corrected chi connectivity index (χ2v) is 4.55. The molecule has 1 aliphatic rings. The van der Waals surface area contributed by atoms with Crippen LogP contribution in [0.3, 0.4) is 0 Å². The smallest absolute Gasteiger partial charge is 0.225 e. The van der Waals surface area contributed by atoms with Crippen LogP contribution in [-0.4, -0.2) is 16.0 Å². The van der Waals surface area contributed by atoms with Crippen LogP contribution in [0.15, 0.2) is 24.3 Å². The number of rotatable bonds is 1. The minimum absolute atomic E-state index is 0.287. The Hall–Kier alpha value is -1.81. The minimum atomic E-state index is -0.520. The van der Waals surface area contributed by atoms with Crippen molar-refractivity contribution in [2.24, 2.45) is 5.73 Å². The van der Waals surface area contributed by atoms with Crippen LogP contribution in [-0.2, 0) is 4.79 Å². The second kappa shape index (κ2) is 3.60. The Morgan fingerprint density at radius 1 is 1.35 bits per heavy atom. The molecular formula is C13H14N2O2. The number of primary amides is 1. The van der Waals surface area contributed by atoms with Crippen molar-refractivity contribution in [2.45, 2.75) is 24.9 Å². The molecule has 0 aliphatic heterocycles. The number of aromatic amines is 1. The van der Waals surface area contributed by atoms with Gasteiger partial charge < -0.3 is 15.8 Å². The molecule has 1 aliphatic carbocycles. The van der Waals surface area contributed by atoms with E-state index >= 15 is 0 Å². The van der Waals surface area contributed by atoms with E-state index in [0.29, 0.717) is 12.8 Å². The summed E-state index contributed by atoms with van der Waals surface area (Å²) < 4.78 is 0. The van der Waals surface area contributed by atoms with Crippen molar-refractivity contribution >= 4 is 16.8 Å². The normalized spacial score (nSPS) is 23.6. The number of nitrogens with one attached hydrogen (secondary N) is 1. The van der Waals surface area contributed by atoms with E-state index in [1.54, 1.807) is 0 Å². The van der Waals surface area contributed by atoms with Crippen molar-refractivity contribution in [1.82, 2.24) is 4.98 Å². The van der Waals surface area contributed by atoms with Gasteiger partial charge >= 0.3 is 0 Å². The molecular weight excluding hydrogens is 216 g/mol. The Bertz CT molecular complexity index is 588. The van der Waals surface area contributed by atoms with Gasteiger partial charge in [-0.3, -0.25) is 4.79 Å². The summed E-state index contributed by atoms with van der Waals surface area (Å²) in [5.74, 6) is -0.604. The molecule has 0 saturated heterocycles. The Morgan fingerprint density at radius 2 is 2.12 bits per heavy atom. The molecule has 0 spiro atoms. The van der Waals surface area contributed by atoms with Gasteiger partial charge in [0.15, 0.2) is 0 Å². The molecule has 88 valence electrons. The topological polar surface area (TPSA) is 79.1 Å². The zero-order valence-corrected chi connectivity index (χ0v) is 9.31. The molecule has 1 aromatic carbocycles. The van der Waals surface area contributed by atoms with E-state index < -0.39 is 6.10 Å². The lowest BCUT2D eigenvalue weighted by atomic mass is 9.83. The molecule has 4 heteroatoms. The van der Waals surface area contributed by atoms with Gasteiger partial charge in [-0.25, -0.2) is 0 Å². The molecule has 17 heavy (non-hydrogen) atoms. The summed E-state index contributed by atoms with van der Waals surface area (Å²) in [6.07, 6.45) is 0.673. The quantitative estimate of drug-likeness (QED) is 0.695. The zero-order chi connectivity index (χ0) is 12.0. The van der Waals surface area contributed by atoms with Crippen LogP contribution >= 0.6 is 0 Å². The fraction of sp³-hybridized carbons (Fsp3) is 0.308. The summed E-state index contributed by atoms with van der Waals surface area (Å²) in [6, 6.07) is 7.75. The van der Waals surface area contributed by atoms with Gasteiger partial charge in [-0.05, 0) is 24.5 Å². The minimum Gasteiger partial charge on any atom is -0.387 e. The maximum Gasteiger partial charge on any atom is 0.225 e. The Kier molecular flexibility index (Phi) is 2.19. The number of carbonyl (C=O) groups is 1. The van der Waals surface area contributed by atoms with Gasteiger partial charge in [-0.15, -0.1) is 0 Å². The van der Waals surface area contributed by atoms with Crippen molar-refractivity contribution in [3.63, 3.8) is 0 Å². The largest absolute Gasteiger partial charge is 0.387 e. The van der Waals surface area contributed by atoms with Gasteiger partial charge in [0, 0.05) is 16.6 Å². The number of fused-ring (bicyclic) bond motifs is 3. The van der Waals surface area contributed by atoms with Crippen LogP contribution in [0, 0.1) is 0 Å². The summed E-state index contributed by atoms with van der Waals surface area (Å²) >= 11 is 0. The Morgan fingerprint density at radius 3 is 2.88 bits per heavy atom. The van der Waals surface area contributed by atoms with Gasteiger partial charge in [0.2, 0.25) is 5.91 Å². The predicted molar refractivity (Wildman–Crippen MR) is 64.4 cm³/mol. The number of amides is 1. The average molecular weight is 230 g/mol. The number of hydrogen-bond donors (Lipinski definition) is 3. The number of aliphatic hydroxyl groups is 1. The first kappa shape index (κ1) is 10.4. The molecule has 2 aromatic rings. The Balaban J connectivity index is 2.30. The number of aliphatic hydroxyl groups excluding tert-OH is 1. The van der Waals surface area contributed by atoms with Crippen molar-refractivity contribution in [3.05, 3.63) is 35.5 Å². The Labute approximate surface area is 98.4 Å². The van der Waals surface area contributed by atoms with E-state index in [1.165, 1.54) is 0 Å². The summed E-state index contributed by atoms with van der Waals surface area (Å²) in [7, 11) is 0. The van der Waals surface area contributed by atoms with Crippen LogP contribution in [0.5, 0.6) is 0 Å². The van der Waals surface area contributed by atoms with Gasteiger partial charge in [0.25, 0.3) is 0 Å². The molecule has 4 N–H and O–H groups in total. The molecule has 4 nitrogen and oxygen atoms in total. The first-order valence-electron chi connectivity index (χ1n) is 5.76. The lowest BCUT2D eigenvalue weighted by Gasteiger charge is -2.24. The van der Waals surface area contributed by atoms with Crippen molar-refractivity contribution in [2.75, 3.05) is 0 Å². The number of hydrogen-bond acceptors (Lipinski definition) is 2. The highest BCUT2D eigenvalue weighted by molar-refractivity contribution is 5.93. The number of para-hydroxylation sites is 1. The molecule has 3 rings (SSSR count). The van der Waals surface area contributed by atoms with Crippen molar-refractivity contribution in [3.8, 4) is 0 Å². The maximum absolute atomic E-state index is 11.5. The number of benzene rings is 1. The number of H-pyrrole nitrogens is 1.